The van der Waals surface area contributed by atoms with E-state index >= 15 is 0 Å². The lowest BCUT2D eigenvalue weighted by Gasteiger charge is -2.09. The fourth-order valence-electron chi connectivity index (χ4n) is 1.74. The first-order valence-corrected chi connectivity index (χ1v) is 9.76. The fraction of sp³-hybridized carbons (Fsp3) is 0.571. The van der Waals surface area contributed by atoms with Gasteiger partial charge < -0.3 is 5.32 Å². The summed E-state index contributed by atoms with van der Waals surface area (Å²) in [5.41, 5.74) is 0.991. The van der Waals surface area contributed by atoms with E-state index in [1.165, 1.54) is 0 Å². The van der Waals surface area contributed by atoms with Crippen molar-refractivity contribution < 1.29 is 8.42 Å². The standard InChI is InChI=1S/C14H24N2O2S2/c1-3-8-15-12-13-6-4-7-14(11-13)20(17,18)16-9-5-10-19-2/h4,6-7,11,15-16H,3,5,8-10,12H2,1-2H3. The molecule has 114 valence electrons. The molecule has 6 heteroatoms. The molecule has 0 saturated carbocycles. The van der Waals surface area contributed by atoms with Crippen LogP contribution in [0.25, 0.3) is 0 Å². The van der Waals surface area contributed by atoms with Gasteiger partial charge in [-0.25, -0.2) is 13.1 Å². The van der Waals surface area contributed by atoms with Crippen molar-refractivity contribution in [2.75, 3.05) is 25.1 Å². The number of sulfonamides is 1. The number of hydrogen-bond acceptors (Lipinski definition) is 4. The maximum atomic E-state index is 12.1. The van der Waals surface area contributed by atoms with E-state index in [1.807, 2.05) is 12.3 Å². The Hall–Kier alpha value is -0.560. The van der Waals surface area contributed by atoms with Crippen LogP contribution in [0.15, 0.2) is 29.2 Å². The molecule has 1 aromatic carbocycles. The normalized spacial score (nSPS) is 11.7. The molecule has 0 radical (unpaired) electrons. The van der Waals surface area contributed by atoms with Crippen molar-refractivity contribution in [1.29, 1.82) is 0 Å². The van der Waals surface area contributed by atoms with Crippen LogP contribution in [0.5, 0.6) is 0 Å². The smallest absolute Gasteiger partial charge is 0.240 e. The summed E-state index contributed by atoms with van der Waals surface area (Å²) in [6, 6.07) is 7.11. The molecule has 20 heavy (non-hydrogen) atoms. The third kappa shape index (κ3) is 6.26. The summed E-state index contributed by atoms with van der Waals surface area (Å²) >= 11 is 1.72. The van der Waals surface area contributed by atoms with Crippen molar-refractivity contribution >= 4 is 21.8 Å². The number of rotatable bonds is 10. The summed E-state index contributed by atoms with van der Waals surface area (Å²) in [4.78, 5) is 0.345. The van der Waals surface area contributed by atoms with Crippen LogP contribution in [0, 0.1) is 0 Å². The largest absolute Gasteiger partial charge is 0.313 e. The second-order valence-corrected chi connectivity index (χ2v) is 7.32. The van der Waals surface area contributed by atoms with E-state index in [2.05, 4.69) is 17.0 Å². The molecular formula is C14H24N2O2S2. The zero-order valence-electron chi connectivity index (χ0n) is 12.2. The molecule has 0 amide bonds. The van der Waals surface area contributed by atoms with Crippen LogP contribution in [0.4, 0.5) is 0 Å². The Labute approximate surface area is 126 Å². The van der Waals surface area contributed by atoms with Crippen molar-refractivity contribution in [2.24, 2.45) is 0 Å². The monoisotopic (exact) mass is 316 g/mol. The second-order valence-electron chi connectivity index (χ2n) is 4.57. The van der Waals surface area contributed by atoms with Crippen LogP contribution in [0.2, 0.25) is 0 Å². The Morgan fingerprint density at radius 2 is 2.05 bits per heavy atom. The summed E-state index contributed by atoms with van der Waals surface area (Å²) in [6.45, 7) is 4.22. The molecule has 0 heterocycles. The van der Waals surface area contributed by atoms with Crippen LogP contribution in [0.1, 0.15) is 25.3 Å². The molecule has 0 aliphatic carbocycles. The van der Waals surface area contributed by atoms with Crippen LogP contribution < -0.4 is 10.0 Å². The Morgan fingerprint density at radius 3 is 2.75 bits per heavy atom. The molecule has 0 aliphatic heterocycles. The van der Waals surface area contributed by atoms with Crippen molar-refractivity contribution in [2.45, 2.75) is 31.2 Å². The topological polar surface area (TPSA) is 58.2 Å². The SMILES string of the molecule is CCCNCc1cccc(S(=O)(=O)NCCCSC)c1. The zero-order valence-corrected chi connectivity index (χ0v) is 13.8. The van der Waals surface area contributed by atoms with Crippen molar-refractivity contribution in [3.8, 4) is 0 Å². The van der Waals surface area contributed by atoms with E-state index in [0.717, 1.165) is 30.7 Å². The molecule has 0 saturated heterocycles. The molecule has 1 rings (SSSR count). The highest BCUT2D eigenvalue weighted by Crippen LogP contribution is 2.11. The van der Waals surface area contributed by atoms with Crippen LogP contribution in [-0.2, 0) is 16.6 Å². The number of nitrogens with one attached hydrogen (secondary N) is 2. The van der Waals surface area contributed by atoms with Gasteiger partial charge in [-0.2, -0.15) is 11.8 Å². The predicted molar refractivity (Wildman–Crippen MR) is 86.6 cm³/mol. The Bertz CT molecular complexity index is 490. The van der Waals surface area contributed by atoms with E-state index in [4.69, 9.17) is 0 Å². The molecule has 0 fully saturated rings. The third-order valence-electron chi connectivity index (χ3n) is 2.78. The molecule has 0 aliphatic rings. The first-order chi connectivity index (χ1) is 9.60. The Kier molecular flexibility index (Phi) is 8.21. The average Bonchev–Trinajstić information content (AvgIpc) is 2.44. The number of benzene rings is 1. The maximum absolute atomic E-state index is 12.1. The van der Waals surface area contributed by atoms with Crippen molar-refractivity contribution in [3.63, 3.8) is 0 Å². The van der Waals surface area contributed by atoms with E-state index < -0.39 is 10.0 Å². The summed E-state index contributed by atoms with van der Waals surface area (Å²) in [5, 5.41) is 3.27. The van der Waals surface area contributed by atoms with Crippen LogP contribution in [-0.4, -0.2) is 33.5 Å². The van der Waals surface area contributed by atoms with Gasteiger partial charge in [0.15, 0.2) is 0 Å². The maximum Gasteiger partial charge on any atom is 0.240 e. The fourth-order valence-corrected chi connectivity index (χ4v) is 3.32. The molecule has 4 nitrogen and oxygen atoms in total. The zero-order chi connectivity index (χ0) is 14.8. The van der Waals surface area contributed by atoms with Gasteiger partial charge in [0.2, 0.25) is 10.0 Å². The first kappa shape index (κ1) is 17.5. The van der Waals surface area contributed by atoms with Gasteiger partial charge in [-0.3, -0.25) is 0 Å². The van der Waals surface area contributed by atoms with E-state index in [1.54, 1.807) is 30.0 Å². The highest BCUT2D eigenvalue weighted by Gasteiger charge is 2.13. The molecule has 2 N–H and O–H groups in total. The minimum absolute atomic E-state index is 0.345. The molecule has 1 aromatic rings. The Morgan fingerprint density at radius 1 is 1.25 bits per heavy atom. The van der Waals surface area contributed by atoms with Gasteiger partial charge in [-0.05, 0) is 49.1 Å². The van der Waals surface area contributed by atoms with Gasteiger partial charge in [0.05, 0.1) is 4.90 Å². The molecule has 0 aromatic heterocycles. The van der Waals surface area contributed by atoms with Gasteiger partial charge >= 0.3 is 0 Å². The molecule has 0 unspecified atom stereocenters. The minimum atomic E-state index is -3.38. The third-order valence-corrected chi connectivity index (χ3v) is 4.94. The molecular weight excluding hydrogens is 292 g/mol. The van der Waals surface area contributed by atoms with E-state index in [9.17, 15) is 8.42 Å². The van der Waals surface area contributed by atoms with Gasteiger partial charge in [0.25, 0.3) is 0 Å². The quantitative estimate of drug-likeness (QED) is 0.650. The molecule has 0 spiro atoms. The van der Waals surface area contributed by atoms with E-state index in [-0.39, 0.29) is 0 Å². The Balaban J connectivity index is 2.62. The van der Waals surface area contributed by atoms with Gasteiger partial charge in [0, 0.05) is 13.1 Å². The van der Waals surface area contributed by atoms with Crippen LogP contribution >= 0.6 is 11.8 Å². The first-order valence-electron chi connectivity index (χ1n) is 6.88. The van der Waals surface area contributed by atoms with Gasteiger partial charge in [-0.15, -0.1) is 0 Å². The number of thioether (sulfide) groups is 1. The van der Waals surface area contributed by atoms with Crippen LogP contribution in [0.3, 0.4) is 0 Å². The summed E-state index contributed by atoms with van der Waals surface area (Å²) < 4.78 is 26.9. The van der Waals surface area contributed by atoms with Crippen molar-refractivity contribution in [1.82, 2.24) is 10.0 Å². The van der Waals surface area contributed by atoms with Gasteiger partial charge in [-0.1, -0.05) is 19.1 Å². The molecule has 0 atom stereocenters. The lowest BCUT2D eigenvalue weighted by molar-refractivity contribution is 0.580. The number of hydrogen-bond donors (Lipinski definition) is 2. The summed E-state index contributed by atoms with van der Waals surface area (Å²) in [5.74, 6) is 0.962. The molecule has 0 bridgehead atoms. The lowest BCUT2D eigenvalue weighted by atomic mass is 10.2. The summed E-state index contributed by atoms with van der Waals surface area (Å²) in [6.07, 6.45) is 3.93. The highest BCUT2D eigenvalue weighted by atomic mass is 32.2. The predicted octanol–water partition coefficient (Wildman–Crippen LogP) is 2.22. The van der Waals surface area contributed by atoms with Gasteiger partial charge in [0.1, 0.15) is 0 Å². The lowest BCUT2D eigenvalue weighted by Crippen LogP contribution is -2.25. The van der Waals surface area contributed by atoms with Crippen molar-refractivity contribution in [3.05, 3.63) is 29.8 Å². The average molecular weight is 316 g/mol. The minimum Gasteiger partial charge on any atom is -0.313 e. The second kappa shape index (κ2) is 9.39. The highest BCUT2D eigenvalue weighted by molar-refractivity contribution is 7.98. The summed E-state index contributed by atoms with van der Waals surface area (Å²) in [7, 11) is -3.38. The van der Waals surface area contributed by atoms with E-state index in [0.29, 0.717) is 18.0 Å².